The average Bonchev–Trinajstić information content (AvgIpc) is 2.79. The van der Waals surface area contributed by atoms with Gasteiger partial charge in [0.25, 0.3) is 11.8 Å². The van der Waals surface area contributed by atoms with E-state index < -0.39 is 29.6 Å². The van der Waals surface area contributed by atoms with Crippen molar-refractivity contribution in [2.75, 3.05) is 18.5 Å². The van der Waals surface area contributed by atoms with Crippen molar-refractivity contribution in [3.8, 4) is 0 Å². The third-order valence-electron chi connectivity index (χ3n) is 4.11. The number of esters is 1. The Bertz CT molecular complexity index is 717. The van der Waals surface area contributed by atoms with Crippen LogP contribution in [-0.4, -0.2) is 54.0 Å². The third kappa shape index (κ3) is 4.19. The van der Waals surface area contributed by atoms with Gasteiger partial charge in [0.1, 0.15) is 5.54 Å². The molecule has 2 rings (SSSR count). The molecule has 1 saturated heterocycles. The number of imide groups is 1. The fourth-order valence-electron chi connectivity index (χ4n) is 2.58. The van der Waals surface area contributed by atoms with E-state index in [0.717, 1.165) is 4.90 Å². The van der Waals surface area contributed by atoms with E-state index in [-0.39, 0.29) is 18.9 Å². The molecule has 4 amide bonds. The molecule has 1 atom stereocenters. The number of amides is 4. The molecule has 1 fully saturated rings. The molecule has 0 radical (unpaired) electrons. The summed E-state index contributed by atoms with van der Waals surface area (Å²) in [6.45, 7) is 4.57. The van der Waals surface area contributed by atoms with Gasteiger partial charge in [0, 0.05) is 19.3 Å². The second kappa shape index (κ2) is 7.55. The van der Waals surface area contributed by atoms with Gasteiger partial charge in [0.05, 0.1) is 6.42 Å². The van der Waals surface area contributed by atoms with Crippen LogP contribution < -0.4 is 10.2 Å². The summed E-state index contributed by atoms with van der Waals surface area (Å²) in [6.07, 6.45) is -1.16. The SMILES string of the molecule is CC(OC(=O)CCN1C(=O)NC(C)(C)C1=O)C(=O)N(C)c1ccccc1. The molecule has 0 spiro atoms. The maximum Gasteiger partial charge on any atom is 0.325 e. The molecule has 1 heterocycles. The summed E-state index contributed by atoms with van der Waals surface area (Å²) in [4.78, 5) is 50.5. The standard InChI is InChI=1S/C18H23N3O5/c1-12(15(23)20(4)13-8-6-5-7-9-13)26-14(22)10-11-21-16(24)18(2,3)19-17(21)25/h5-9,12H,10-11H2,1-4H3,(H,19,25). The first-order valence-electron chi connectivity index (χ1n) is 8.29. The lowest BCUT2D eigenvalue weighted by atomic mass is 10.1. The zero-order valence-corrected chi connectivity index (χ0v) is 15.3. The smallest absolute Gasteiger partial charge is 0.325 e. The highest BCUT2D eigenvalue weighted by Crippen LogP contribution is 2.17. The van der Waals surface area contributed by atoms with Gasteiger partial charge in [0.15, 0.2) is 6.10 Å². The normalized spacial score (nSPS) is 16.8. The first-order chi connectivity index (χ1) is 12.1. The Balaban J connectivity index is 1.86. The number of benzene rings is 1. The number of ether oxygens (including phenoxy) is 1. The van der Waals surface area contributed by atoms with Gasteiger partial charge in [-0.2, -0.15) is 0 Å². The summed E-state index contributed by atoms with van der Waals surface area (Å²) in [5.41, 5.74) is -0.301. The second-order valence-corrected chi connectivity index (χ2v) is 6.63. The Morgan fingerprint density at radius 1 is 1.23 bits per heavy atom. The molecular formula is C18H23N3O5. The summed E-state index contributed by atoms with van der Waals surface area (Å²) >= 11 is 0. The third-order valence-corrected chi connectivity index (χ3v) is 4.11. The number of anilines is 1. The predicted octanol–water partition coefficient (Wildman–Crippen LogP) is 1.30. The monoisotopic (exact) mass is 361 g/mol. The average molecular weight is 361 g/mol. The van der Waals surface area contributed by atoms with Crippen LogP contribution in [0.3, 0.4) is 0 Å². The molecule has 1 N–H and O–H groups in total. The van der Waals surface area contributed by atoms with Gasteiger partial charge < -0.3 is 15.0 Å². The van der Waals surface area contributed by atoms with Crippen LogP contribution in [0.15, 0.2) is 30.3 Å². The summed E-state index contributed by atoms with van der Waals surface area (Å²) in [7, 11) is 1.59. The number of hydrogen-bond acceptors (Lipinski definition) is 5. The number of carbonyl (C=O) groups is 4. The van der Waals surface area contributed by atoms with Gasteiger partial charge in [-0.05, 0) is 32.9 Å². The van der Waals surface area contributed by atoms with Crippen LogP contribution in [0.25, 0.3) is 0 Å². The minimum Gasteiger partial charge on any atom is -0.452 e. The summed E-state index contributed by atoms with van der Waals surface area (Å²) in [5, 5.41) is 2.53. The molecule has 140 valence electrons. The summed E-state index contributed by atoms with van der Waals surface area (Å²) in [6, 6.07) is 8.44. The highest BCUT2D eigenvalue weighted by atomic mass is 16.5. The molecule has 8 nitrogen and oxygen atoms in total. The van der Waals surface area contributed by atoms with Crippen LogP contribution in [0.4, 0.5) is 10.5 Å². The van der Waals surface area contributed by atoms with Crippen molar-refractivity contribution in [1.82, 2.24) is 10.2 Å². The Hall–Kier alpha value is -2.90. The van der Waals surface area contributed by atoms with Crippen molar-refractivity contribution in [2.24, 2.45) is 0 Å². The lowest BCUT2D eigenvalue weighted by Gasteiger charge is -2.22. The van der Waals surface area contributed by atoms with Crippen molar-refractivity contribution in [1.29, 1.82) is 0 Å². The Kier molecular flexibility index (Phi) is 5.64. The van der Waals surface area contributed by atoms with E-state index in [1.54, 1.807) is 45.2 Å². The number of urea groups is 1. The first-order valence-corrected chi connectivity index (χ1v) is 8.29. The first kappa shape index (κ1) is 19.4. The second-order valence-electron chi connectivity index (χ2n) is 6.63. The van der Waals surface area contributed by atoms with Gasteiger partial charge in [0.2, 0.25) is 0 Å². The van der Waals surface area contributed by atoms with Crippen molar-refractivity contribution in [3.63, 3.8) is 0 Å². The molecule has 0 aromatic heterocycles. The van der Waals surface area contributed by atoms with Crippen molar-refractivity contribution in [3.05, 3.63) is 30.3 Å². The van der Waals surface area contributed by atoms with Gasteiger partial charge >= 0.3 is 12.0 Å². The van der Waals surface area contributed by atoms with E-state index in [9.17, 15) is 19.2 Å². The Labute approximate surface area is 152 Å². The van der Waals surface area contributed by atoms with Crippen molar-refractivity contribution in [2.45, 2.75) is 38.8 Å². The van der Waals surface area contributed by atoms with Gasteiger partial charge in [-0.25, -0.2) is 4.79 Å². The van der Waals surface area contributed by atoms with Crippen LogP contribution >= 0.6 is 0 Å². The van der Waals surface area contributed by atoms with E-state index in [0.29, 0.717) is 5.69 Å². The van der Waals surface area contributed by atoms with Crippen LogP contribution in [0, 0.1) is 0 Å². The molecule has 1 aromatic rings. The van der Waals surface area contributed by atoms with Crippen molar-refractivity contribution >= 4 is 29.5 Å². The van der Waals surface area contributed by atoms with E-state index >= 15 is 0 Å². The number of para-hydroxylation sites is 1. The molecule has 1 aliphatic heterocycles. The molecule has 1 aromatic carbocycles. The predicted molar refractivity (Wildman–Crippen MR) is 94.3 cm³/mol. The summed E-state index contributed by atoms with van der Waals surface area (Å²) < 4.78 is 5.14. The van der Waals surface area contributed by atoms with Crippen LogP contribution in [0.5, 0.6) is 0 Å². The summed E-state index contributed by atoms with van der Waals surface area (Å²) in [5.74, 6) is -1.43. The highest BCUT2D eigenvalue weighted by molar-refractivity contribution is 6.06. The van der Waals surface area contributed by atoms with Crippen LogP contribution in [-0.2, 0) is 19.1 Å². The lowest BCUT2D eigenvalue weighted by Crippen LogP contribution is -2.40. The molecule has 0 saturated carbocycles. The van der Waals surface area contributed by atoms with E-state index in [1.807, 2.05) is 6.07 Å². The van der Waals surface area contributed by atoms with Gasteiger partial charge in [-0.3, -0.25) is 19.3 Å². The van der Waals surface area contributed by atoms with Gasteiger partial charge in [-0.15, -0.1) is 0 Å². The van der Waals surface area contributed by atoms with Crippen molar-refractivity contribution < 1.29 is 23.9 Å². The van der Waals surface area contributed by atoms with Crippen LogP contribution in [0.2, 0.25) is 0 Å². The maximum atomic E-state index is 12.3. The van der Waals surface area contributed by atoms with E-state index in [1.165, 1.54) is 11.8 Å². The molecular weight excluding hydrogens is 338 g/mol. The number of likely N-dealkylation sites (N-methyl/N-ethyl adjacent to an activating group) is 1. The minimum atomic E-state index is -0.983. The molecule has 0 aliphatic carbocycles. The molecule has 0 bridgehead atoms. The lowest BCUT2D eigenvalue weighted by molar-refractivity contribution is -0.154. The zero-order chi connectivity index (χ0) is 19.5. The largest absolute Gasteiger partial charge is 0.452 e. The highest BCUT2D eigenvalue weighted by Gasteiger charge is 2.44. The topological polar surface area (TPSA) is 96.0 Å². The fraction of sp³-hybridized carbons (Fsp3) is 0.444. The maximum absolute atomic E-state index is 12.3. The zero-order valence-electron chi connectivity index (χ0n) is 15.3. The van der Waals surface area contributed by atoms with Crippen LogP contribution in [0.1, 0.15) is 27.2 Å². The molecule has 8 heteroatoms. The minimum absolute atomic E-state index is 0.0949. The van der Waals surface area contributed by atoms with E-state index in [4.69, 9.17) is 4.74 Å². The molecule has 1 aliphatic rings. The molecule has 26 heavy (non-hydrogen) atoms. The van der Waals surface area contributed by atoms with Gasteiger partial charge in [-0.1, -0.05) is 18.2 Å². The number of carbonyl (C=O) groups excluding carboxylic acids is 4. The number of hydrogen-bond donors (Lipinski definition) is 1. The quantitative estimate of drug-likeness (QED) is 0.609. The molecule has 1 unspecified atom stereocenters. The Morgan fingerprint density at radius 2 is 1.85 bits per heavy atom. The number of nitrogens with one attached hydrogen (secondary N) is 1. The Morgan fingerprint density at radius 3 is 2.38 bits per heavy atom. The fourth-order valence-corrected chi connectivity index (χ4v) is 2.58. The van der Waals surface area contributed by atoms with E-state index in [2.05, 4.69) is 5.32 Å². The number of rotatable bonds is 6. The number of nitrogens with zero attached hydrogens (tertiary/aromatic N) is 2.